The van der Waals surface area contributed by atoms with Gasteiger partial charge in [0.2, 0.25) is 6.79 Å². The molecule has 0 unspecified atom stereocenters. The van der Waals surface area contributed by atoms with E-state index in [2.05, 4.69) is 21.2 Å². The number of carboxylic acids is 1. The number of barbiturate groups is 1. The number of carbonyl (C=O) groups excluding carboxylic acids is 3. The number of hydrogen-bond donors (Lipinski definition) is 2. The van der Waals surface area contributed by atoms with Crippen LogP contribution in [0.1, 0.15) is 5.56 Å². The monoisotopic (exact) mass is 518 g/mol. The zero-order chi connectivity index (χ0) is 23.7. The Kier molecular flexibility index (Phi) is 5.92. The molecule has 0 aromatic heterocycles. The fraction of sp³-hybridized carbons (Fsp3) is 0.143. The van der Waals surface area contributed by atoms with E-state index in [9.17, 15) is 19.2 Å². The largest absolute Gasteiger partial charge is 0.493 e. The van der Waals surface area contributed by atoms with Gasteiger partial charge in [-0.3, -0.25) is 14.9 Å². The normalized spacial score (nSPS) is 16.1. The zero-order valence-electron chi connectivity index (χ0n) is 16.9. The average Bonchev–Trinajstić information content (AvgIpc) is 3.23. The van der Waals surface area contributed by atoms with Gasteiger partial charge in [-0.05, 0) is 51.8 Å². The summed E-state index contributed by atoms with van der Waals surface area (Å²) >= 11 is 3.27. The molecule has 12 heteroatoms. The molecule has 2 N–H and O–H groups in total. The summed E-state index contributed by atoms with van der Waals surface area (Å²) in [5.41, 5.74) is 0.247. The first kappa shape index (κ1) is 22.1. The maximum atomic E-state index is 13.1. The Morgan fingerprint density at radius 2 is 1.97 bits per heavy atom. The number of carboxylic acid groups (broad SMARTS) is 1. The van der Waals surface area contributed by atoms with E-state index in [-0.39, 0.29) is 29.6 Å². The van der Waals surface area contributed by atoms with Crippen LogP contribution in [0.25, 0.3) is 6.08 Å². The second-order valence-electron chi connectivity index (χ2n) is 6.71. The lowest BCUT2D eigenvalue weighted by atomic mass is 10.1. The molecule has 1 fully saturated rings. The van der Waals surface area contributed by atoms with Crippen molar-refractivity contribution in [1.29, 1.82) is 0 Å². The molecule has 170 valence electrons. The van der Waals surface area contributed by atoms with Crippen LogP contribution >= 0.6 is 15.9 Å². The molecule has 2 aromatic rings. The van der Waals surface area contributed by atoms with Crippen molar-refractivity contribution >= 4 is 51.5 Å². The number of methoxy groups -OCH3 is 1. The van der Waals surface area contributed by atoms with Crippen LogP contribution in [0.2, 0.25) is 0 Å². The number of urea groups is 1. The quantitative estimate of drug-likeness (QED) is 0.435. The summed E-state index contributed by atoms with van der Waals surface area (Å²) in [6.45, 7) is -0.575. The number of ether oxygens (including phenoxy) is 4. The molecule has 2 aromatic carbocycles. The van der Waals surface area contributed by atoms with E-state index >= 15 is 0 Å². The highest BCUT2D eigenvalue weighted by Gasteiger charge is 2.37. The fourth-order valence-electron chi connectivity index (χ4n) is 3.18. The fourth-order valence-corrected chi connectivity index (χ4v) is 3.75. The van der Waals surface area contributed by atoms with Gasteiger partial charge >= 0.3 is 12.0 Å². The molecule has 0 bridgehead atoms. The maximum Gasteiger partial charge on any atom is 0.341 e. The molecule has 0 atom stereocenters. The highest BCUT2D eigenvalue weighted by Crippen LogP contribution is 2.38. The van der Waals surface area contributed by atoms with Crippen LogP contribution in [-0.2, 0) is 14.4 Å². The molecule has 2 aliphatic heterocycles. The SMILES string of the molecule is COc1cc(/C=C2\C(=O)NC(=O)N(c3ccc4c(c3)OCO4)C2=O)cc(Br)c1OCC(=O)O. The predicted octanol–water partition coefficient (Wildman–Crippen LogP) is 2.32. The Morgan fingerprint density at radius 3 is 2.70 bits per heavy atom. The standard InChI is InChI=1S/C21H15BrN2O9/c1-30-16-6-10(5-13(22)18(16)31-8-17(25)26)4-12-19(27)23-21(29)24(20(12)28)11-2-3-14-15(7-11)33-9-32-14/h2-7H,8-9H2,1H3,(H,25,26)(H,23,27,29)/b12-4+. The van der Waals surface area contributed by atoms with Gasteiger partial charge in [0.25, 0.3) is 11.8 Å². The summed E-state index contributed by atoms with van der Waals surface area (Å²) in [7, 11) is 1.35. The van der Waals surface area contributed by atoms with Gasteiger partial charge in [0.05, 0.1) is 17.3 Å². The van der Waals surface area contributed by atoms with Gasteiger partial charge in [0.1, 0.15) is 5.57 Å². The van der Waals surface area contributed by atoms with E-state index in [1.165, 1.54) is 37.5 Å². The van der Waals surface area contributed by atoms with E-state index in [4.69, 9.17) is 24.1 Å². The van der Waals surface area contributed by atoms with Crippen molar-refractivity contribution in [3.63, 3.8) is 0 Å². The number of imide groups is 2. The van der Waals surface area contributed by atoms with Crippen LogP contribution in [-0.4, -0.2) is 49.4 Å². The van der Waals surface area contributed by atoms with Gasteiger partial charge in [-0.1, -0.05) is 0 Å². The third-order valence-electron chi connectivity index (χ3n) is 4.62. The number of carbonyl (C=O) groups is 4. The molecule has 0 spiro atoms. The number of amides is 4. The van der Waals surface area contributed by atoms with Crippen LogP contribution in [0.5, 0.6) is 23.0 Å². The number of nitrogens with zero attached hydrogens (tertiary/aromatic N) is 1. The molecule has 0 radical (unpaired) electrons. The van der Waals surface area contributed by atoms with Crippen molar-refractivity contribution in [3.8, 4) is 23.0 Å². The Hall–Kier alpha value is -4.06. The summed E-state index contributed by atoms with van der Waals surface area (Å²) in [6, 6.07) is 6.56. The summed E-state index contributed by atoms with van der Waals surface area (Å²) in [5.74, 6) is -1.75. The Balaban J connectivity index is 1.69. The van der Waals surface area contributed by atoms with Gasteiger partial charge in [-0.25, -0.2) is 14.5 Å². The number of nitrogens with one attached hydrogen (secondary N) is 1. The van der Waals surface area contributed by atoms with Gasteiger partial charge in [-0.15, -0.1) is 0 Å². The summed E-state index contributed by atoms with van der Waals surface area (Å²) in [4.78, 5) is 49.6. The van der Waals surface area contributed by atoms with Crippen molar-refractivity contribution in [2.75, 3.05) is 25.4 Å². The minimum Gasteiger partial charge on any atom is -0.493 e. The van der Waals surface area contributed by atoms with Crippen LogP contribution in [0, 0.1) is 0 Å². The third kappa shape index (κ3) is 4.32. The lowest BCUT2D eigenvalue weighted by molar-refractivity contribution is -0.139. The molecule has 4 amide bonds. The molecule has 33 heavy (non-hydrogen) atoms. The topological polar surface area (TPSA) is 141 Å². The molecule has 0 aliphatic carbocycles. The van der Waals surface area contributed by atoms with Gasteiger partial charge in [0.15, 0.2) is 29.6 Å². The molecule has 11 nitrogen and oxygen atoms in total. The Bertz CT molecular complexity index is 1220. The molecule has 0 saturated carbocycles. The average molecular weight is 519 g/mol. The van der Waals surface area contributed by atoms with Crippen LogP contribution < -0.4 is 29.2 Å². The number of hydrogen-bond acceptors (Lipinski definition) is 8. The first-order chi connectivity index (χ1) is 15.8. The van der Waals surface area contributed by atoms with E-state index in [1.54, 1.807) is 6.07 Å². The minimum absolute atomic E-state index is 0.0193. The summed E-state index contributed by atoms with van der Waals surface area (Å²) in [6.07, 6.45) is 1.28. The van der Waals surface area contributed by atoms with Crippen molar-refractivity contribution in [1.82, 2.24) is 5.32 Å². The van der Waals surface area contributed by atoms with E-state index < -0.39 is 30.4 Å². The van der Waals surface area contributed by atoms with E-state index in [1.807, 2.05) is 0 Å². The highest BCUT2D eigenvalue weighted by atomic mass is 79.9. The molecule has 2 heterocycles. The van der Waals surface area contributed by atoms with Crippen molar-refractivity contribution in [3.05, 3.63) is 45.9 Å². The van der Waals surface area contributed by atoms with Crippen molar-refractivity contribution in [2.45, 2.75) is 0 Å². The number of aliphatic carboxylic acids is 1. The molecule has 4 rings (SSSR count). The molecular formula is C21H15BrN2O9. The third-order valence-corrected chi connectivity index (χ3v) is 5.21. The first-order valence-electron chi connectivity index (χ1n) is 9.31. The number of benzene rings is 2. The van der Waals surface area contributed by atoms with Gasteiger partial charge < -0.3 is 24.1 Å². The smallest absolute Gasteiger partial charge is 0.341 e. The van der Waals surface area contributed by atoms with E-state index in [0.29, 0.717) is 21.5 Å². The number of halogens is 1. The maximum absolute atomic E-state index is 13.1. The lowest BCUT2D eigenvalue weighted by Gasteiger charge is -2.26. The van der Waals surface area contributed by atoms with Gasteiger partial charge in [0, 0.05) is 6.07 Å². The van der Waals surface area contributed by atoms with Gasteiger partial charge in [-0.2, -0.15) is 0 Å². The van der Waals surface area contributed by atoms with Crippen molar-refractivity contribution in [2.24, 2.45) is 0 Å². The van der Waals surface area contributed by atoms with Crippen LogP contribution in [0.15, 0.2) is 40.4 Å². The Morgan fingerprint density at radius 1 is 1.21 bits per heavy atom. The Labute approximate surface area is 194 Å². The highest BCUT2D eigenvalue weighted by molar-refractivity contribution is 9.10. The molecular weight excluding hydrogens is 504 g/mol. The van der Waals surface area contributed by atoms with E-state index in [0.717, 1.165) is 4.90 Å². The van der Waals surface area contributed by atoms with Crippen LogP contribution in [0.4, 0.5) is 10.5 Å². The second-order valence-corrected chi connectivity index (χ2v) is 7.57. The number of rotatable bonds is 6. The number of anilines is 1. The summed E-state index contributed by atoms with van der Waals surface area (Å²) < 4.78 is 21.3. The van der Waals surface area contributed by atoms with Crippen LogP contribution in [0.3, 0.4) is 0 Å². The molecule has 2 aliphatic rings. The predicted molar refractivity (Wildman–Crippen MR) is 115 cm³/mol. The van der Waals surface area contributed by atoms with Crippen molar-refractivity contribution < 1.29 is 43.2 Å². The lowest BCUT2D eigenvalue weighted by Crippen LogP contribution is -2.54. The number of fused-ring (bicyclic) bond motifs is 1. The zero-order valence-corrected chi connectivity index (χ0v) is 18.5. The molecule has 1 saturated heterocycles. The first-order valence-corrected chi connectivity index (χ1v) is 10.1. The summed E-state index contributed by atoms with van der Waals surface area (Å²) in [5, 5.41) is 11.0. The second kappa shape index (κ2) is 8.82. The minimum atomic E-state index is -1.17.